The number of nitrogen functional groups attached to an aromatic ring is 1. The molecule has 122 valence electrons. The number of anilines is 2. The van der Waals surface area contributed by atoms with E-state index in [9.17, 15) is 4.79 Å². The highest BCUT2D eigenvalue weighted by atomic mass is 79.9. The van der Waals surface area contributed by atoms with Gasteiger partial charge in [0.1, 0.15) is 0 Å². The van der Waals surface area contributed by atoms with Crippen LogP contribution in [-0.2, 0) is 0 Å². The zero-order chi connectivity index (χ0) is 17.3. The van der Waals surface area contributed by atoms with Gasteiger partial charge in [-0.05, 0) is 52.3 Å². The molecular formula is C16H11BrCl2N4O. The van der Waals surface area contributed by atoms with Crippen LogP contribution in [0.3, 0.4) is 0 Å². The van der Waals surface area contributed by atoms with Crippen molar-refractivity contribution < 1.29 is 4.79 Å². The van der Waals surface area contributed by atoms with E-state index in [0.717, 1.165) is 10.2 Å². The molecule has 0 radical (unpaired) electrons. The molecule has 0 bridgehead atoms. The Balaban J connectivity index is 1.78. The van der Waals surface area contributed by atoms with Crippen LogP contribution in [0.2, 0.25) is 10.0 Å². The maximum absolute atomic E-state index is 12.3. The lowest BCUT2D eigenvalue weighted by Gasteiger charge is -2.09. The van der Waals surface area contributed by atoms with Crippen molar-refractivity contribution in [2.24, 2.45) is 0 Å². The molecule has 8 heteroatoms. The standard InChI is InChI=1S/C16H11BrCl2N4O/c17-10-7-21-23(8-10)12-3-1-9(2-4-12)16(24)22-11-5-13(18)15(20)14(19)6-11/h1-8H,20H2,(H,22,24). The number of hydrogen-bond acceptors (Lipinski definition) is 3. The average Bonchev–Trinajstić information content (AvgIpc) is 2.99. The van der Waals surface area contributed by atoms with Crippen LogP contribution in [-0.4, -0.2) is 15.7 Å². The van der Waals surface area contributed by atoms with Crippen LogP contribution < -0.4 is 11.1 Å². The van der Waals surface area contributed by atoms with E-state index in [4.69, 9.17) is 28.9 Å². The third kappa shape index (κ3) is 3.56. The topological polar surface area (TPSA) is 72.9 Å². The van der Waals surface area contributed by atoms with Gasteiger partial charge < -0.3 is 11.1 Å². The lowest BCUT2D eigenvalue weighted by molar-refractivity contribution is 0.102. The Kier molecular flexibility index (Phi) is 4.80. The van der Waals surface area contributed by atoms with Crippen LogP contribution in [0.15, 0.2) is 53.3 Å². The molecule has 0 atom stereocenters. The lowest BCUT2D eigenvalue weighted by Crippen LogP contribution is -2.12. The van der Waals surface area contributed by atoms with Crippen molar-refractivity contribution in [2.75, 3.05) is 11.1 Å². The first-order valence-electron chi connectivity index (χ1n) is 6.80. The van der Waals surface area contributed by atoms with Crippen LogP contribution in [0.5, 0.6) is 0 Å². The number of nitrogens with two attached hydrogens (primary N) is 1. The Morgan fingerprint density at radius 1 is 1.17 bits per heavy atom. The summed E-state index contributed by atoms with van der Waals surface area (Å²) in [5.74, 6) is -0.278. The monoisotopic (exact) mass is 424 g/mol. The summed E-state index contributed by atoms with van der Waals surface area (Å²) in [7, 11) is 0. The molecule has 3 N–H and O–H groups in total. The first-order chi connectivity index (χ1) is 11.4. The zero-order valence-electron chi connectivity index (χ0n) is 12.1. The average molecular weight is 426 g/mol. The molecule has 3 aromatic rings. The predicted octanol–water partition coefficient (Wildman–Crippen LogP) is 4.78. The Labute approximate surface area is 156 Å². The Hall–Kier alpha value is -2.02. The largest absolute Gasteiger partial charge is 0.396 e. The van der Waals surface area contributed by atoms with Gasteiger partial charge in [-0.15, -0.1) is 0 Å². The summed E-state index contributed by atoms with van der Waals surface area (Å²) in [5, 5.41) is 7.50. The number of nitrogens with one attached hydrogen (secondary N) is 1. The SMILES string of the molecule is Nc1c(Cl)cc(NC(=O)c2ccc(-n3cc(Br)cn3)cc2)cc1Cl. The van der Waals surface area contributed by atoms with Crippen LogP contribution in [0.25, 0.3) is 5.69 Å². The molecule has 0 unspecified atom stereocenters. The predicted molar refractivity (Wildman–Crippen MR) is 100 cm³/mol. The Bertz CT molecular complexity index is 886. The second-order valence-corrected chi connectivity index (χ2v) is 6.69. The van der Waals surface area contributed by atoms with Gasteiger partial charge in [0.05, 0.1) is 32.1 Å². The van der Waals surface area contributed by atoms with E-state index in [0.29, 0.717) is 11.3 Å². The van der Waals surface area contributed by atoms with Crippen molar-refractivity contribution in [3.8, 4) is 5.69 Å². The van der Waals surface area contributed by atoms with E-state index >= 15 is 0 Å². The summed E-state index contributed by atoms with van der Waals surface area (Å²) < 4.78 is 2.58. The minimum atomic E-state index is -0.278. The second kappa shape index (κ2) is 6.84. The number of rotatable bonds is 3. The third-order valence-electron chi connectivity index (χ3n) is 3.28. The van der Waals surface area contributed by atoms with E-state index in [1.54, 1.807) is 47.3 Å². The summed E-state index contributed by atoms with van der Waals surface area (Å²) in [6, 6.07) is 10.1. The zero-order valence-corrected chi connectivity index (χ0v) is 15.2. The molecule has 0 spiro atoms. The summed E-state index contributed by atoms with van der Waals surface area (Å²) in [4.78, 5) is 12.3. The number of hydrogen-bond donors (Lipinski definition) is 2. The fourth-order valence-electron chi connectivity index (χ4n) is 2.07. The summed E-state index contributed by atoms with van der Waals surface area (Å²) >= 11 is 15.3. The van der Waals surface area contributed by atoms with Crippen molar-refractivity contribution in [3.63, 3.8) is 0 Å². The summed E-state index contributed by atoms with van der Waals surface area (Å²) in [6.07, 6.45) is 3.52. The number of aromatic nitrogens is 2. The lowest BCUT2D eigenvalue weighted by atomic mass is 10.2. The molecule has 1 amide bonds. The van der Waals surface area contributed by atoms with Gasteiger partial charge in [-0.3, -0.25) is 4.79 Å². The summed E-state index contributed by atoms with van der Waals surface area (Å²) in [5.41, 5.74) is 7.78. The minimum absolute atomic E-state index is 0.278. The van der Waals surface area contributed by atoms with E-state index in [1.165, 1.54) is 0 Å². The molecule has 24 heavy (non-hydrogen) atoms. The van der Waals surface area contributed by atoms with Crippen molar-refractivity contribution in [1.82, 2.24) is 9.78 Å². The molecule has 0 aliphatic rings. The van der Waals surface area contributed by atoms with E-state index < -0.39 is 0 Å². The number of nitrogens with zero attached hydrogens (tertiary/aromatic N) is 2. The van der Waals surface area contributed by atoms with Gasteiger partial charge in [-0.2, -0.15) is 5.10 Å². The molecule has 0 fully saturated rings. The van der Waals surface area contributed by atoms with Crippen LogP contribution in [0.4, 0.5) is 11.4 Å². The summed E-state index contributed by atoms with van der Waals surface area (Å²) in [6.45, 7) is 0. The van der Waals surface area contributed by atoms with Gasteiger partial charge in [-0.25, -0.2) is 4.68 Å². The van der Waals surface area contributed by atoms with Crippen molar-refractivity contribution in [2.45, 2.75) is 0 Å². The number of amides is 1. The molecule has 0 aliphatic carbocycles. The molecule has 3 rings (SSSR count). The molecular weight excluding hydrogens is 415 g/mol. The van der Waals surface area contributed by atoms with E-state index in [-0.39, 0.29) is 21.6 Å². The number of benzene rings is 2. The number of carbonyl (C=O) groups is 1. The maximum Gasteiger partial charge on any atom is 0.255 e. The number of halogens is 3. The highest BCUT2D eigenvalue weighted by Gasteiger charge is 2.10. The minimum Gasteiger partial charge on any atom is -0.396 e. The molecule has 1 heterocycles. The Morgan fingerprint density at radius 2 is 1.79 bits per heavy atom. The van der Waals surface area contributed by atoms with E-state index in [2.05, 4.69) is 26.3 Å². The second-order valence-electron chi connectivity index (χ2n) is 4.96. The van der Waals surface area contributed by atoms with Gasteiger partial charge in [0.2, 0.25) is 0 Å². The van der Waals surface area contributed by atoms with Crippen molar-refractivity contribution >= 4 is 56.4 Å². The fourth-order valence-corrected chi connectivity index (χ4v) is 2.84. The van der Waals surface area contributed by atoms with Crippen molar-refractivity contribution in [1.29, 1.82) is 0 Å². The van der Waals surface area contributed by atoms with Gasteiger partial charge in [0.25, 0.3) is 5.91 Å². The van der Waals surface area contributed by atoms with Crippen molar-refractivity contribution in [3.05, 3.63) is 68.9 Å². The number of carbonyl (C=O) groups excluding carboxylic acids is 1. The van der Waals surface area contributed by atoms with Crippen LogP contribution in [0.1, 0.15) is 10.4 Å². The normalized spacial score (nSPS) is 10.6. The molecule has 0 saturated carbocycles. The molecule has 0 aliphatic heterocycles. The van der Waals surface area contributed by atoms with Gasteiger partial charge in [0, 0.05) is 17.4 Å². The quantitative estimate of drug-likeness (QED) is 0.593. The fraction of sp³-hybridized carbons (Fsp3) is 0. The van der Waals surface area contributed by atoms with Crippen LogP contribution >= 0.6 is 39.1 Å². The molecule has 5 nitrogen and oxygen atoms in total. The smallest absolute Gasteiger partial charge is 0.255 e. The van der Waals surface area contributed by atoms with Gasteiger partial charge >= 0.3 is 0 Å². The molecule has 0 saturated heterocycles. The Morgan fingerprint density at radius 3 is 2.33 bits per heavy atom. The molecule has 1 aromatic heterocycles. The first-order valence-corrected chi connectivity index (χ1v) is 8.35. The first kappa shape index (κ1) is 16.8. The molecule has 2 aromatic carbocycles. The maximum atomic E-state index is 12.3. The highest BCUT2D eigenvalue weighted by Crippen LogP contribution is 2.31. The van der Waals surface area contributed by atoms with Gasteiger partial charge in [0.15, 0.2) is 0 Å². The van der Waals surface area contributed by atoms with Crippen LogP contribution in [0, 0.1) is 0 Å². The highest BCUT2D eigenvalue weighted by molar-refractivity contribution is 9.10. The third-order valence-corrected chi connectivity index (χ3v) is 4.32. The van der Waals surface area contributed by atoms with E-state index in [1.807, 2.05) is 6.20 Å². The van der Waals surface area contributed by atoms with Gasteiger partial charge in [-0.1, -0.05) is 23.2 Å².